The number of rotatable bonds is 11. The van der Waals surface area contributed by atoms with Crippen LogP contribution in [0.15, 0.2) is 48.6 Å². The molecule has 1 aromatic rings. The first-order valence-electron chi connectivity index (χ1n) is 11.0. The zero-order valence-corrected chi connectivity index (χ0v) is 19.6. The number of allylic oxidation sites excluding steroid dienone is 2. The number of carbonyl (C=O) groups is 3. The predicted molar refractivity (Wildman–Crippen MR) is 124 cm³/mol. The standard InChI is InChI=1S/C24H32N2O9/c1-33-23(32)16(25-18(28)11-7-6-10-15-8-4-3-5-9-15)12-13-19(29)26-20-22(31)21(30)17(14-27)35-24(20)34-2/h3-11,16-17,20-22,24,27,30-31H,12-14H2,1-2H3,(H,25,28)(H,26,29). The molecule has 5 N–H and O–H groups in total. The summed E-state index contributed by atoms with van der Waals surface area (Å²) in [6.45, 7) is -0.546. The molecule has 192 valence electrons. The lowest BCUT2D eigenvalue weighted by molar-refractivity contribution is -0.262. The highest BCUT2D eigenvalue weighted by Gasteiger charge is 2.45. The molecule has 6 atom stereocenters. The predicted octanol–water partition coefficient (Wildman–Crippen LogP) is -0.736. The van der Waals surface area contributed by atoms with Crippen molar-refractivity contribution in [2.75, 3.05) is 20.8 Å². The van der Waals surface area contributed by atoms with E-state index in [0.717, 1.165) is 12.7 Å². The zero-order valence-electron chi connectivity index (χ0n) is 19.6. The normalized spacial score (nSPS) is 25.3. The monoisotopic (exact) mass is 492 g/mol. The van der Waals surface area contributed by atoms with Gasteiger partial charge < -0.3 is 40.2 Å². The van der Waals surface area contributed by atoms with E-state index in [2.05, 4.69) is 10.6 Å². The highest BCUT2D eigenvalue weighted by molar-refractivity contribution is 5.92. The molecule has 1 aromatic carbocycles. The molecular weight excluding hydrogens is 460 g/mol. The molecule has 6 unspecified atom stereocenters. The molecule has 0 bridgehead atoms. The Balaban J connectivity index is 1.90. The SMILES string of the molecule is COC(=O)C(CCC(=O)NC1C(OC)OC(CO)C(O)C1O)NC(=O)C=CC=Cc1ccccc1. The number of methoxy groups -OCH3 is 2. The Kier molecular flexibility index (Phi) is 11.5. The van der Waals surface area contributed by atoms with E-state index < -0.39 is 61.1 Å². The molecule has 35 heavy (non-hydrogen) atoms. The highest BCUT2D eigenvalue weighted by Crippen LogP contribution is 2.22. The van der Waals surface area contributed by atoms with Crippen LogP contribution in [0.2, 0.25) is 0 Å². The summed E-state index contributed by atoms with van der Waals surface area (Å²) in [5.41, 5.74) is 0.958. The van der Waals surface area contributed by atoms with Gasteiger partial charge in [-0.2, -0.15) is 0 Å². The summed E-state index contributed by atoms with van der Waals surface area (Å²) in [5, 5.41) is 34.6. The van der Waals surface area contributed by atoms with Gasteiger partial charge in [0.15, 0.2) is 6.29 Å². The number of aliphatic hydroxyl groups is 3. The fourth-order valence-electron chi connectivity index (χ4n) is 3.46. The van der Waals surface area contributed by atoms with Crippen LogP contribution in [0.3, 0.4) is 0 Å². The first-order chi connectivity index (χ1) is 16.8. The number of aliphatic hydroxyl groups excluding tert-OH is 3. The third-order valence-corrected chi connectivity index (χ3v) is 5.35. The number of nitrogens with one attached hydrogen (secondary N) is 2. The average Bonchev–Trinajstić information content (AvgIpc) is 2.87. The molecule has 1 heterocycles. The number of carbonyl (C=O) groups excluding carboxylic acids is 3. The highest BCUT2D eigenvalue weighted by atomic mass is 16.7. The molecule has 2 rings (SSSR count). The van der Waals surface area contributed by atoms with Crippen LogP contribution in [0.1, 0.15) is 18.4 Å². The van der Waals surface area contributed by atoms with Crippen molar-refractivity contribution in [2.45, 2.75) is 49.5 Å². The van der Waals surface area contributed by atoms with Gasteiger partial charge in [0, 0.05) is 19.6 Å². The van der Waals surface area contributed by atoms with E-state index >= 15 is 0 Å². The van der Waals surface area contributed by atoms with Gasteiger partial charge in [-0.3, -0.25) is 9.59 Å². The number of hydrogen-bond donors (Lipinski definition) is 5. The summed E-state index contributed by atoms with van der Waals surface area (Å²) in [6.07, 6.45) is 0.866. The first-order valence-corrected chi connectivity index (χ1v) is 11.0. The first kappa shape index (κ1) is 28.1. The van der Waals surface area contributed by atoms with Crippen molar-refractivity contribution in [3.8, 4) is 0 Å². The van der Waals surface area contributed by atoms with Crippen molar-refractivity contribution in [1.82, 2.24) is 10.6 Å². The van der Waals surface area contributed by atoms with Crippen LogP contribution >= 0.6 is 0 Å². The second kappa shape index (κ2) is 14.3. The zero-order chi connectivity index (χ0) is 25.8. The Morgan fingerprint density at radius 2 is 1.83 bits per heavy atom. The van der Waals surface area contributed by atoms with E-state index in [-0.39, 0.29) is 12.8 Å². The molecule has 1 saturated heterocycles. The van der Waals surface area contributed by atoms with Gasteiger partial charge in [-0.05, 0) is 12.0 Å². The van der Waals surface area contributed by atoms with Gasteiger partial charge in [-0.15, -0.1) is 0 Å². The van der Waals surface area contributed by atoms with Gasteiger partial charge in [0.05, 0.1) is 13.7 Å². The van der Waals surface area contributed by atoms with Gasteiger partial charge >= 0.3 is 5.97 Å². The lowest BCUT2D eigenvalue weighted by Gasteiger charge is -2.41. The van der Waals surface area contributed by atoms with Crippen molar-refractivity contribution in [3.05, 3.63) is 54.1 Å². The number of ether oxygens (including phenoxy) is 3. The van der Waals surface area contributed by atoms with E-state index in [4.69, 9.17) is 14.2 Å². The summed E-state index contributed by atoms with van der Waals surface area (Å²) in [5.74, 6) is -1.86. The van der Waals surface area contributed by atoms with Gasteiger partial charge in [0.25, 0.3) is 0 Å². The van der Waals surface area contributed by atoms with Crippen molar-refractivity contribution in [1.29, 1.82) is 0 Å². The van der Waals surface area contributed by atoms with Crippen LogP contribution in [0.25, 0.3) is 6.08 Å². The summed E-state index contributed by atoms with van der Waals surface area (Å²) >= 11 is 0. The van der Waals surface area contributed by atoms with Crippen LogP contribution in [0.5, 0.6) is 0 Å². The Bertz CT molecular complexity index is 888. The maximum absolute atomic E-state index is 12.5. The van der Waals surface area contributed by atoms with Gasteiger partial charge in [-0.1, -0.05) is 48.6 Å². The fourth-order valence-corrected chi connectivity index (χ4v) is 3.46. The Hall–Kier alpha value is -3.09. The van der Waals surface area contributed by atoms with Crippen LogP contribution < -0.4 is 10.6 Å². The summed E-state index contributed by atoms with van der Waals surface area (Å²) in [7, 11) is 2.45. The number of hydrogen-bond acceptors (Lipinski definition) is 9. The minimum Gasteiger partial charge on any atom is -0.467 e. The van der Waals surface area contributed by atoms with Crippen LogP contribution in [-0.4, -0.2) is 90.6 Å². The quantitative estimate of drug-likeness (QED) is 0.152. The van der Waals surface area contributed by atoms with Crippen LogP contribution in [0.4, 0.5) is 0 Å². The second-order valence-electron chi connectivity index (χ2n) is 7.79. The van der Waals surface area contributed by atoms with Crippen molar-refractivity contribution in [3.63, 3.8) is 0 Å². The minimum absolute atomic E-state index is 0.0823. The Labute approximate surface area is 203 Å². The Morgan fingerprint density at radius 1 is 1.11 bits per heavy atom. The third-order valence-electron chi connectivity index (χ3n) is 5.35. The lowest BCUT2D eigenvalue weighted by Crippen LogP contribution is -2.64. The van der Waals surface area contributed by atoms with Crippen LogP contribution in [-0.2, 0) is 28.6 Å². The molecule has 11 nitrogen and oxygen atoms in total. The molecular formula is C24H32N2O9. The Morgan fingerprint density at radius 3 is 2.46 bits per heavy atom. The number of benzene rings is 1. The van der Waals surface area contributed by atoms with E-state index in [1.165, 1.54) is 19.3 Å². The number of amides is 2. The maximum atomic E-state index is 12.5. The molecule has 0 saturated carbocycles. The van der Waals surface area contributed by atoms with Gasteiger partial charge in [-0.25, -0.2) is 4.79 Å². The molecule has 0 aromatic heterocycles. The van der Waals surface area contributed by atoms with E-state index in [1.807, 2.05) is 36.4 Å². The number of esters is 1. The molecule has 2 amide bonds. The molecule has 1 aliphatic heterocycles. The molecule has 0 spiro atoms. The summed E-state index contributed by atoms with van der Waals surface area (Å²) in [6, 6.07) is 7.28. The molecule has 0 radical (unpaired) electrons. The van der Waals surface area contributed by atoms with Crippen molar-refractivity contribution in [2.24, 2.45) is 0 Å². The van der Waals surface area contributed by atoms with Crippen LogP contribution in [0, 0.1) is 0 Å². The molecule has 0 aliphatic carbocycles. The third kappa shape index (κ3) is 8.57. The van der Waals surface area contributed by atoms with E-state index in [9.17, 15) is 29.7 Å². The topological polar surface area (TPSA) is 164 Å². The van der Waals surface area contributed by atoms with Gasteiger partial charge in [0.1, 0.15) is 30.4 Å². The maximum Gasteiger partial charge on any atom is 0.328 e. The largest absolute Gasteiger partial charge is 0.467 e. The van der Waals surface area contributed by atoms with Crippen molar-refractivity contribution >= 4 is 23.9 Å². The van der Waals surface area contributed by atoms with Gasteiger partial charge in [0.2, 0.25) is 11.8 Å². The fraction of sp³-hybridized carbons (Fsp3) is 0.458. The van der Waals surface area contributed by atoms with E-state index in [1.54, 1.807) is 6.08 Å². The lowest BCUT2D eigenvalue weighted by atomic mass is 9.96. The second-order valence-corrected chi connectivity index (χ2v) is 7.79. The minimum atomic E-state index is -1.46. The summed E-state index contributed by atoms with van der Waals surface area (Å²) in [4.78, 5) is 36.8. The molecule has 1 aliphatic rings. The summed E-state index contributed by atoms with van der Waals surface area (Å²) < 4.78 is 15.2. The molecule has 1 fully saturated rings. The van der Waals surface area contributed by atoms with E-state index in [0.29, 0.717) is 0 Å². The average molecular weight is 493 g/mol. The van der Waals surface area contributed by atoms with Crippen molar-refractivity contribution < 1.29 is 43.9 Å². The smallest absolute Gasteiger partial charge is 0.328 e. The molecule has 11 heteroatoms.